The number of pyridine rings is 2. The molecule has 0 saturated carbocycles. The second kappa shape index (κ2) is 11.0. The lowest BCUT2D eigenvalue weighted by Gasteiger charge is -2.22. The maximum absolute atomic E-state index is 13.0. The van der Waals surface area contributed by atoms with Crippen LogP contribution in [0, 0.1) is 0 Å². The molecule has 1 amide bonds. The summed E-state index contributed by atoms with van der Waals surface area (Å²) in [7, 11) is -2.72. The molecule has 3 rings (SSSR count). The monoisotopic (exact) mass is 574 g/mol. The lowest BCUT2D eigenvalue weighted by atomic mass is 10.1. The van der Waals surface area contributed by atoms with Crippen molar-refractivity contribution in [3.05, 3.63) is 66.1 Å². The fourth-order valence-corrected chi connectivity index (χ4v) is 4.36. The van der Waals surface area contributed by atoms with Gasteiger partial charge in [0.15, 0.2) is 15.7 Å². The zero-order chi connectivity index (χ0) is 29.2. The molecule has 3 aromatic rings. The van der Waals surface area contributed by atoms with E-state index in [1.54, 1.807) is 0 Å². The molecule has 0 spiro atoms. The standard InChI is InChI=1S/C24H20F6N4O4S/c1-4-39(36,37)19-11-16(15-5-8-18(9-6-15)38-24(28,29)30)12-32-21(19)22(33-14(2)35)34(3)20-10-7-17(13-31-20)23(25,26)27/h5-13H,4H2,1-3H3. The fourth-order valence-electron chi connectivity index (χ4n) is 3.31. The molecule has 2 aromatic heterocycles. The van der Waals surface area contributed by atoms with Crippen molar-refractivity contribution >= 4 is 27.4 Å². The molecular formula is C24H20F6N4O4S. The summed E-state index contributed by atoms with van der Waals surface area (Å²) in [6, 6.07) is 7.60. The van der Waals surface area contributed by atoms with Crippen molar-refractivity contribution in [3.8, 4) is 16.9 Å². The number of alkyl halides is 6. The highest BCUT2D eigenvalue weighted by Gasteiger charge is 2.32. The first-order valence-electron chi connectivity index (χ1n) is 11.0. The van der Waals surface area contributed by atoms with E-state index in [1.165, 1.54) is 38.4 Å². The number of benzene rings is 1. The van der Waals surface area contributed by atoms with Crippen LogP contribution in [0.2, 0.25) is 0 Å². The third-order valence-corrected chi connectivity index (χ3v) is 6.94. The Morgan fingerprint density at radius 1 is 0.974 bits per heavy atom. The van der Waals surface area contributed by atoms with E-state index in [2.05, 4.69) is 19.7 Å². The quantitative estimate of drug-likeness (QED) is 0.224. The summed E-state index contributed by atoms with van der Waals surface area (Å²) >= 11 is 0. The molecule has 2 heterocycles. The highest BCUT2D eigenvalue weighted by Crippen LogP contribution is 2.31. The molecule has 0 aliphatic carbocycles. The van der Waals surface area contributed by atoms with Crippen LogP contribution >= 0.6 is 0 Å². The molecule has 0 aliphatic rings. The zero-order valence-corrected chi connectivity index (χ0v) is 21.3. The minimum absolute atomic E-state index is 0.0889. The SMILES string of the molecule is CCS(=O)(=O)c1cc(-c2ccc(OC(F)(F)F)cc2)cnc1C(=NC(C)=O)N(C)c1ccc(C(F)(F)F)cn1. The van der Waals surface area contributed by atoms with Gasteiger partial charge in [-0.2, -0.15) is 18.2 Å². The normalized spacial score (nSPS) is 12.8. The predicted molar refractivity (Wildman–Crippen MR) is 129 cm³/mol. The third kappa shape index (κ3) is 7.31. The number of aromatic nitrogens is 2. The smallest absolute Gasteiger partial charge is 0.406 e. The van der Waals surface area contributed by atoms with Crippen LogP contribution in [0.3, 0.4) is 0 Å². The largest absolute Gasteiger partial charge is 0.573 e. The molecule has 15 heteroatoms. The third-order valence-electron chi connectivity index (χ3n) is 5.20. The van der Waals surface area contributed by atoms with Crippen LogP contribution < -0.4 is 9.64 Å². The summed E-state index contributed by atoms with van der Waals surface area (Å²) in [5.41, 5.74) is -0.786. The van der Waals surface area contributed by atoms with Crippen molar-refractivity contribution < 1.29 is 44.3 Å². The predicted octanol–water partition coefficient (Wildman–Crippen LogP) is 5.28. The van der Waals surface area contributed by atoms with E-state index in [4.69, 9.17) is 0 Å². The Balaban J connectivity index is 2.12. The Labute approximate surface area is 218 Å². The maximum atomic E-state index is 13.0. The molecule has 0 fully saturated rings. The molecule has 39 heavy (non-hydrogen) atoms. The van der Waals surface area contributed by atoms with Gasteiger partial charge in [-0.05, 0) is 35.9 Å². The number of aliphatic imine (C=N–C) groups is 1. The molecule has 0 aliphatic heterocycles. The van der Waals surface area contributed by atoms with Crippen LogP contribution in [0.25, 0.3) is 11.1 Å². The fraction of sp³-hybridized carbons (Fsp3) is 0.250. The van der Waals surface area contributed by atoms with Crippen molar-refractivity contribution in [2.75, 3.05) is 17.7 Å². The van der Waals surface area contributed by atoms with Crippen LogP contribution in [-0.4, -0.2) is 49.3 Å². The summed E-state index contributed by atoms with van der Waals surface area (Å²) in [6.07, 6.45) is -7.75. The van der Waals surface area contributed by atoms with E-state index in [0.717, 1.165) is 36.1 Å². The molecule has 0 radical (unpaired) electrons. The second-order valence-corrected chi connectivity index (χ2v) is 10.2. The number of nitrogens with zero attached hydrogens (tertiary/aromatic N) is 4. The van der Waals surface area contributed by atoms with Gasteiger partial charge in [0.25, 0.3) is 0 Å². The molecule has 0 saturated heterocycles. The maximum Gasteiger partial charge on any atom is 0.573 e. The number of amidine groups is 1. The van der Waals surface area contributed by atoms with Crippen molar-refractivity contribution in [1.29, 1.82) is 0 Å². The van der Waals surface area contributed by atoms with E-state index in [1.807, 2.05) is 0 Å². The number of hydrogen-bond donors (Lipinski definition) is 0. The van der Waals surface area contributed by atoms with Gasteiger partial charge >= 0.3 is 12.5 Å². The van der Waals surface area contributed by atoms with E-state index in [9.17, 15) is 39.6 Å². The van der Waals surface area contributed by atoms with Gasteiger partial charge in [0, 0.05) is 31.9 Å². The van der Waals surface area contributed by atoms with Crippen LogP contribution in [0.5, 0.6) is 5.75 Å². The van der Waals surface area contributed by atoms with Gasteiger partial charge < -0.3 is 9.64 Å². The minimum atomic E-state index is -4.90. The van der Waals surface area contributed by atoms with E-state index in [0.29, 0.717) is 11.8 Å². The molecule has 0 N–H and O–H groups in total. The lowest BCUT2D eigenvalue weighted by molar-refractivity contribution is -0.274. The number of anilines is 1. The molecule has 0 atom stereocenters. The molecular weight excluding hydrogens is 554 g/mol. The average Bonchev–Trinajstić information content (AvgIpc) is 2.85. The molecule has 0 bridgehead atoms. The van der Waals surface area contributed by atoms with E-state index in [-0.39, 0.29) is 33.6 Å². The van der Waals surface area contributed by atoms with Crippen LogP contribution in [0.4, 0.5) is 32.2 Å². The number of ether oxygens (including phenoxy) is 1. The first-order chi connectivity index (χ1) is 18.0. The zero-order valence-electron chi connectivity index (χ0n) is 20.5. The Kier molecular flexibility index (Phi) is 8.33. The van der Waals surface area contributed by atoms with Crippen LogP contribution in [0.15, 0.2) is 64.7 Å². The minimum Gasteiger partial charge on any atom is -0.406 e. The van der Waals surface area contributed by atoms with Crippen molar-refractivity contribution in [1.82, 2.24) is 9.97 Å². The topological polar surface area (TPSA) is 102 Å². The first-order valence-corrected chi connectivity index (χ1v) is 12.6. The number of sulfone groups is 1. The van der Waals surface area contributed by atoms with Gasteiger partial charge in [0.05, 0.1) is 16.2 Å². The first kappa shape index (κ1) is 29.5. The second-order valence-electron chi connectivity index (χ2n) is 7.96. The van der Waals surface area contributed by atoms with Gasteiger partial charge in [0.2, 0.25) is 5.91 Å². The van der Waals surface area contributed by atoms with Crippen molar-refractivity contribution in [2.45, 2.75) is 31.3 Å². The number of halogens is 6. The van der Waals surface area contributed by atoms with Gasteiger partial charge in [-0.1, -0.05) is 19.1 Å². The molecule has 8 nitrogen and oxygen atoms in total. The Bertz CT molecular complexity index is 1490. The Hall–Kier alpha value is -4.01. The van der Waals surface area contributed by atoms with Crippen LogP contribution in [0.1, 0.15) is 25.1 Å². The summed E-state index contributed by atoms with van der Waals surface area (Å²) in [5, 5.41) is 0. The summed E-state index contributed by atoms with van der Waals surface area (Å²) < 4.78 is 106. The summed E-state index contributed by atoms with van der Waals surface area (Å²) in [4.78, 5) is 24.5. The van der Waals surface area contributed by atoms with Crippen molar-refractivity contribution in [2.24, 2.45) is 4.99 Å². The van der Waals surface area contributed by atoms with Crippen LogP contribution in [-0.2, 0) is 20.8 Å². The number of carbonyl (C=O) groups excluding carboxylic acids is 1. The molecule has 1 aromatic carbocycles. The highest BCUT2D eigenvalue weighted by atomic mass is 32.2. The number of hydrogen-bond acceptors (Lipinski definition) is 6. The summed E-state index contributed by atoms with van der Waals surface area (Å²) in [5.74, 6) is -2.02. The van der Waals surface area contributed by atoms with Gasteiger partial charge in [0.1, 0.15) is 17.3 Å². The van der Waals surface area contributed by atoms with Crippen molar-refractivity contribution in [3.63, 3.8) is 0 Å². The molecule has 208 valence electrons. The highest BCUT2D eigenvalue weighted by molar-refractivity contribution is 7.91. The van der Waals surface area contributed by atoms with E-state index >= 15 is 0 Å². The van der Waals surface area contributed by atoms with Gasteiger partial charge in [-0.15, -0.1) is 13.2 Å². The average molecular weight is 575 g/mol. The number of amides is 1. The van der Waals surface area contributed by atoms with Gasteiger partial charge in [-0.3, -0.25) is 9.78 Å². The Morgan fingerprint density at radius 3 is 2.10 bits per heavy atom. The lowest BCUT2D eigenvalue weighted by Crippen LogP contribution is -2.31. The molecule has 0 unspecified atom stereocenters. The number of rotatable bonds is 6. The number of carbonyl (C=O) groups is 1. The Morgan fingerprint density at radius 2 is 1.62 bits per heavy atom. The van der Waals surface area contributed by atoms with E-state index < -0.39 is 39.6 Å². The van der Waals surface area contributed by atoms with Gasteiger partial charge in [-0.25, -0.2) is 13.4 Å². The summed E-state index contributed by atoms with van der Waals surface area (Å²) in [6.45, 7) is 2.44.